The first-order valence-corrected chi connectivity index (χ1v) is 7.91. The predicted octanol–water partition coefficient (Wildman–Crippen LogP) is 3.01. The van der Waals surface area contributed by atoms with Gasteiger partial charge in [-0.15, -0.1) is 0 Å². The Labute approximate surface area is 118 Å². The van der Waals surface area contributed by atoms with Gasteiger partial charge in [0, 0.05) is 6.04 Å². The smallest absolute Gasteiger partial charge is 0.212 e. The normalized spacial score (nSPS) is 13.1. The van der Waals surface area contributed by atoms with Crippen LogP contribution in [0.4, 0.5) is 4.39 Å². The lowest BCUT2D eigenvalue weighted by Gasteiger charge is -2.14. The molecule has 0 radical (unpaired) electrons. The van der Waals surface area contributed by atoms with Gasteiger partial charge in [0.25, 0.3) is 0 Å². The fourth-order valence-corrected chi connectivity index (χ4v) is 3.31. The molecular weight excluding hydrogens is 277 g/mol. The van der Waals surface area contributed by atoms with E-state index in [0.29, 0.717) is 0 Å². The van der Waals surface area contributed by atoms with Crippen LogP contribution in [-0.4, -0.2) is 8.42 Å². The Morgan fingerprint density at radius 2 is 1.65 bits per heavy atom. The molecule has 2 aromatic carbocycles. The summed E-state index contributed by atoms with van der Waals surface area (Å²) in [5.41, 5.74) is 1.45. The minimum Gasteiger partial charge on any atom is -0.212 e. The van der Waals surface area contributed by atoms with Crippen LogP contribution >= 0.6 is 0 Å². The number of hydrogen-bond acceptors (Lipinski definition) is 2. The van der Waals surface area contributed by atoms with Crippen LogP contribution in [0.1, 0.15) is 24.1 Å². The van der Waals surface area contributed by atoms with Crippen LogP contribution in [0.5, 0.6) is 0 Å². The summed E-state index contributed by atoms with van der Waals surface area (Å²) in [6.45, 7) is 1.73. The first kappa shape index (κ1) is 14.7. The van der Waals surface area contributed by atoms with Gasteiger partial charge in [-0.25, -0.2) is 17.5 Å². The molecule has 1 atom stereocenters. The lowest BCUT2D eigenvalue weighted by atomic mass is 10.1. The van der Waals surface area contributed by atoms with Crippen molar-refractivity contribution in [3.05, 3.63) is 71.5 Å². The molecule has 0 aliphatic rings. The first-order valence-electron chi connectivity index (χ1n) is 6.26. The largest absolute Gasteiger partial charge is 0.216 e. The van der Waals surface area contributed by atoms with E-state index in [0.717, 1.165) is 11.1 Å². The van der Waals surface area contributed by atoms with Crippen LogP contribution in [0.2, 0.25) is 0 Å². The van der Waals surface area contributed by atoms with Crippen molar-refractivity contribution in [1.82, 2.24) is 4.72 Å². The van der Waals surface area contributed by atoms with Gasteiger partial charge in [0.05, 0.1) is 5.75 Å². The summed E-state index contributed by atoms with van der Waals surface area (Å²) in [6, 6.07) is 14.4. The van der Waals surface area contributed by atoms with E-state index in [-0.39, 0.29) is 11.6 Å². The third-order valence-corrected chi connectivity index (χ3v) is 4.35. The monoisotopic (exact) mass is 293 g/mol. The van der Waals surface area contributed by atoms with Crippen molar-refractivity contribution in [2.24, 2.45) is 0 Å². The Kier molecular flexibility index (Phi) is 4.52. The second kappa shape index (κ2) is 6.15. The summed E-state index contributed by atoms with van der Waals surface area (Å²) in [6.07, 6.45) is 0. The van der Waals surface area contributed by atoms with Gasteiger partial charge in [-0.05, 0) is 30.2 Å². The fourth-order valence-electron chi connectivity index (χ4n) is 1.92. The molecular formula is C15H16FNO2S. The summed E-state index contributed by atoms with van der Waals surface area (Å²) < 4.78 is 39.6. The number of rotatable bonds is 5. The van der Waals surface area contributed by atoms with Gasteiger partial charge < -0.3 is 0 Å². The topological polar surface area (TPSA) is 46.2 Å². The first-order chi connectivity index (χ1) is 9.46. The Morgan fingerprint density at radius 3 is 2.25 bits per heavy atom. The van der Waals surface area contributed by atoms with Crippen molar-refractivity contribution in [1.29, 1.82) is 0 Å². The van der Waals surface area contributed by atoms with Gasteiger partial charge in [-0.3, -0.25) is 0 Å². The highest BCUT2D eigenvalue weighted by Crippen LogP contribution is 2.15. The van der Waals surface area contributed by atoms with E-state index in [2.05, 4.69) is 4.72 Å². The molecule has 0 heterocycles. The van der Waals surface area contributed by atoms with Crippen LogP contribution in [0.25, 0.3) is 0 Å². The molecule has 0 bridgehead atoms. The molecule has 5 heteroatoms. The number of benzene rings is 2. The van der Waals surface area contributed by atoms with E-state index >= 15 is 0 Å². The van der Waals surface area contributed by atoms with E-state index in [9.17, 15) is 12.8 Å². The molecule has 20 heavy (non-hydrogen) atoms. The highest BCUT2D eigenvalue weighted by atomic mass is 32.2. The van der Waals surface area contributed by atoms with Crippen molar-refractivity contribution in [3.63, 3.8) is 0 Å². The third kappa shape index (κ3) is 4.15. The van der Waals surface area contributed by atoms with Crippen molar-refractivity contribution in [2.45, 2.75) is 18.7 Å². The number of nitrogens with one attached hydrogen (secondary N) is 1. The molecule has 106 valence electrons. The Morgan fingerprint density at radius 1 is 1.05 bits per heavy atom. The van der Waals surface area contributed by atoms with Crippen molar-refractivity contribution < 1.29 is 12.8 Å². The SMILES string of the molecule is CC(NS(=O)(=O)Cc1ccccc1)c1ccc(F)cc1. The highest BCUT2D eigenvalue weighted by Gasteiger charge is 2.16. The Hall–Kier alpha value is -1.72. The summed E-state index contributed by atoms with van der Waals surface area (Å²) in [5, 5.41) is 0. The molecule has 2 rings (SSSR count). The molecule has 1 unspecified atom stereocenters. The zero-order chi connectivity index (χ0) is 14.6. The Bertz CT molecular complexity index is 654. The van der Waals surface area contributed by atoms with E-state index in [1.54, 1.807) is 43.3 Å². The molecule has 0 aliphatic carbocycles. The van der Waals surface area contributed by atoms with Gasteiger partial charge in [0.1, 0.15) is 5.82 Å². The molecule has 0 aliphatic heterocycles. The maximum Gasteiger partial charge on any atom is 0.216 e. The molecule has 3 nitrogen and oxygen atoms in total. The summed E-state index contributed by atoms with van der Waals surface area (Å²) in [7, 11) is -3.44. The maximum absolute atomic E-state index is 12.8. The Balaban J connectivity index is 2.06. The number of halogens is 1. The average Bonchev–Trinajstić information content (AvgIpc) is 2.39. The molecule has 1 N–H and O–H groups in total. The second-order valence-electron chi connectivity index (χ2n) is 4.64. The van der Waals surface area contributed by atoms with E-state index < -0.39 is 16.1 Å². The summed E-state index contributed by atoms with van der Waals surface area (Å²) in [4.78, 5) is 0. The van der Waals surface area contributed by atoms with Gasteiger partial charge in [-0.2, -0.15) is 0 Å². The van der Waals surface area contributed by atoms with Crippen LogP contribution in [0, 0.1) is 5.82 Å². The van der Waals surface area contributed by atoms with Gasteiger partial charge in [0.2, 0.25) is 10.0 Å². The van der Waals surface area contributed by atoms with Crippen LogP contribution in [0.15, 0.2) is 54.6 Å². The van der Waals surface area contributed by atoms with Gasteiger partial charge >= 0.3 is 0 Å². The van der Waals surface area contributed by atoms with Crippen molar-refractivity contribution in [2.75, 3.05) is 0 Å². The van der Waals surface area contributed by atoms with E-state index in [1.807, 2.05) is 6.07 Å². The lowest BCUT2D eigenvalue weighted by molar-refractivity contribution is 0.565. The minimum atomic E-state index is -3.44. The lowest BCUT2D eigenvalue weighted by Crippen LogP contribution is -2.28. The second-order valence-corrected chi connectivity index (χ2v) is 6.39. The molecule has 0 fully saturated rings. The van der Waals surface area contributed by atoms with Crippen molar-refractivity contribution in [3.8, 4) is 0 Å². The zero-order valence-electron chi connectivity index (χ0n) is 11.1. The van der Waals surface area contributed by atoms with Crippen molar-refractivity contribution >= 4 is 10.0 Å². The third-order valence-electron chi connectivity index (χ3n) is 2.93. The quantitative estimate of drug-likeness (QED) is 0.921. The van der Waals surface area contributed by atoms with E-state index in [1.165, 1.54) is 12.1 Å². The molecule has 0 spiro atoms. The maximum atomic E-state index is 12.8. The van der Waals surface area contributed by atoms with E-state index in [4.69, 9.17) is 0 Å². The minimum absolute atomic E-state index is 0.0701. The number of hydrogen-bond donors (Lipinski definition) is 1. The standard InChI is InChI=1S/C15H16FNO2S/c1-12(14-7-9-15(16)10-8-14)17-20(18,19)11-13-5-3-2-4-6-13/h2-10,12,17H,11H2,1H3. The summed E-state index contributed by atoms with van der Waals surface area (Å²) >= 11 is 0. The molecule has 2 aromatic rings. The molecule has 0 saturated heterocycles. The van der Waals surface area contributed by atoms with Crippen LogP contribution in [-0.2, 0) is 15.8 Å². The molecule has 0 saturated carbocycles. The number of sulfonamides is 1. The van der Waals surface area contributed by atoms with Crippen LogP contribution < -0.4 is 4.72 Å². The average molecular weight is 293 g/mol. The predicted molar refractivity (Wildman–Crippen MR) is 77.0 cm³/mol. The fraction of sp³-hybridized carbons (Fsp3) is 0.200. The highest BCUT2D eigenvalue weighted by molar-refractivity contribution is 7.88. The molecule has 0 amide bonds. The zero-order valence-corrected chi connectivity index (χ0v) is 11.9. The van der Waals surface area contributed by atoms with Gasteiger partial charge in [-0.1, -0.05) is 42.5 Å². The van der Waals surface area contributed by atoms with Gasteiger partial charge in [0.15, 0.2) is 0 Å². The molecule has 0 aromatic heterocycles. The summed E-state index contributed by atoms with van der Waals surface area (Å²) in [5.74, 6) is -0.410. The van der Waals surface area contributed by atoms with Crippen LogP contribution in [0.3, 0.4) is 0 Å².